The molecule has 1 aliphatic heterocycles. The second-order valence-corrected chi connectivity index (χ2v) is 10.5. The number of methoxy groups -OCH3 is 1. The Morgan fingerprint density at radius 3 is 2.86 bits per heavy atom. The summed E-state index contributed by atoms with van der Waals surface area (Å²) in [5.74, 6) is 1.18. The van der Waals surface area contributed by atoms with E-state index < -0.39 is 10.2 Å². The highest BCUT2D eigenvalue weighted by atomic mass is 32.2. The fraction of sp³-hybridized carbons (Fsp3) is 0.435. The van der Waals surface area contributed by atoms with Gasteiger partial charge in [0.15, 0.2) is 5.16 Å². The van der Waals surface area contributed by atoms with Crippen LogP contribution in [0.3, 0.4) is 0 Å². The van der Waals surface area contributed by atoms with E-state index in [1.165, 1.54) is 8.61 Å². The second-order valence-electron chi connectivity index (χ2n) is 8.16. The topological polar surface area (TPSA) is 105 Å². The molecule has 0 spiro atoms. The molecule has 1 atom stereocenters. The summed E-state index contributed by atoms with van der Waals surface area (Å²) in [6.45, 7) is 8.05. The molecule has 0 aromatic carbocycles. The van der Waals surface area contributed by atoms with Crippen molar-refractivity contribution in [1.29, 1.82) is 0 Å². The number of allylic oxidation sites excluding steroid dienone is 3. The number of rotatable bonds is 9. The second kappa shape index (κ2) is 10.9. The van der Waals surface area contributed by atoms with Crippen LogP contribution in [0.25, 0.3) is 17.6 Å². The van der Waals surface area contributed by atoms with Gasteiger partial charge in [0.25, 0.3) is 10.2 Å². The highest BCUT2D eigenvalue weighted by Gasteiger charge is 2.32. The maximum Gasteiger partial charge on any atom is 0.282 e. The normalized spacial score (nSPS) is 20.4. The SMILES string of the molecule is C=Cn1c(S)nc(C2C=C(OC)C=CC2)c1-c1ccnc(NCCN2CCCN(CC)S2(=O)=O)n1. The molecule has 1 N–H and O–H groups in total. The lowest BCUT2D eigenvalue weighted by molar-refractivity contribution is 0.295. The molecule has 0 saturated carbocycles. The zero-order chi connectivity index (χ0) is 25.0. The Bertz CT molecular complexity index is 1240. The zero-order valence-electron chi connectivity index (χ0n) is 20.0. The van der Waals surface area contributed by atoms with E-state index >= 15 is 0 Å². The van der Waals surface area contributed by atoms with Crippen LogP contribution in [0.2, 0.25) is 0 Å². The van der Waals surface area contributed by atoms with E-state index in [0.717, 1.165) is 30.0 Å². The maximum atomic E-state index is 12.7. The summed E-state index contributed by atoms with van der Waals surface area (Å²) >= 11 is 4.54. The first-order valence-corrected chi connectivity index (χ1v) is 13.4. The van der Waals surface area contributed by atoms with Crippen LogP contribution in [0.1, 0.15) is 31.4 Å². The van der Waals surface area contributed by atoms with Crippen LogP contribution in [0.4, 0.5) is 5.95 Å². The molecule has 35 heavy (non-hydrogen) atoms. The minimum Gasteiger partial charge on any atom is -0.497 e. The van der Waals surface area contributed by atoms with Crippen molar-refractivity contribution in [1.82, 2.24) is 28.1 Å². The molecule has 2 aliphatic rings. The van der Waals surface area contributed by atoms with Crippen LogP contribution in [0.5, 0.6) is 0 Å². The van der Waals surface area contributed by atoms with E-state index in [9.17, 15) is 8.42 Å². The summed E-state index contributed by atoms with van der Waals surface area (Å²) in [6, 6.07) is 1.81. The van der Waals surface area contributed by atoms with Crippen molar-refractivity contribution >= 4 is 35.0 Å². The van der Waals surface area contributed by atoms with Crippen molar-refractivity contribution in [2.45, 2.75) is 30.8 Å². The standard InChI is InChI=1S/C23H31N7O3S2/c1-4-28-13-7-14-29(35(28,31)32)15-12-25-22-24-11-10-19(26-22)21-20(27-23(34)30(21)5-2)17-8-6-9-18(16-17)33-3/h5-6,9-11,16-17H,2,4,7-8,12-15H2,1,3H3,(H,27,34)(H,24,25,26). The molecule has 1 unspecified atom stereocenters. The van der Waals surface area contributed by atoms with Crippen molar-refractivity contribution in [2.75, 3.05) is 45.2 Å². The van der Waals surface area contributed by atoms with Crippen LogP contribution >= 0.6 is 12.6 Å². The molecule has 2 aromatic rings. The Hall–Kier alpha value is -2.67. The highest BCUT2D eigenvalue weighted by molar-refractivity contribution is 7.86. The fourth-order valence-corrected chi connectivity index (χ4v) is 6.32. The third kappa shape index (κ3) is 5.30. The van der Waals surface area contributed by atoms with Crippen molar-refractivity contribution < 1.29 is 13.2 Å². The van der Waals surface area contributed by atoms with Crippen LogP contribution in [0.15, 0.2) is 48.0 Å². The van der Waals surface area contributed by atoms with Gasteiger partial charge in [0.05, 0.1) is 24.2 Å². The zero-order valence-corrected chi connectivity index (χ0v) is 21.7. The van der Waals surface area contributed by atoms with Crippen molar-refractivity contribution in [3.63, 3.8) is 0 Å². The molecule has 12 heteroatoms. The van der Waals surface area contributed by atoms with Gasteiger partial charge in [0.1, 0.15) is 5.76 Å². The Morgan fingerprint density at radius 2 is 2.11 bits per heavy atom. The molecule has 0 amide bonds. The monoisotopic (exact) mass is 517 g/mol. The average molecular weight is 518 g/mol. The van der Waals surface area contributed by atoms with Crippen molar-refractivity contribution in [3.8, 4) is 11.4 Å². The Kier molecular flexibility index (Phi) is 7.95. The molecule has 3 heterocycles. The fourth-order valence-electron chi connectivity index (χ4n) is 4.34. The van der Waals surface area contributed by atoms with Gasteiger partial charge in [0, 0.05) is 51.0 Å². The number of thiol groups is 1. The van der Waals surface area contributed by atoms with Gasteiger partial charge < -0.3 is 10.1 Å². The lowest BCUT2D eigenvalue weighted by Crippen LogP contribution is -2.50. The lowest BCUT2D eigenvalue weighted by atomic mass is 9.94. The largest absolute Gasteiger partial charge is 0.497 e. The third-order valence-electron chi connectivity index (χ3n) is 6.09. The van der Waals surface area contributed by atoms with E-state index in [4.69, 9.17) is 14.7 Å². The molecule has 188 valence electrons. The van der Waals surface area contributed by atoms with Crippen LogP contribution in [-0.4, -0.2) is 76.4 Å². The number of imidazole rings is 1. The smallest absolute Gasteiger partial charge is 0.282 e. The molecule has 1 aliphatic carbocycles. The number of nitrogens with one attached hydrogen (secondary N) is 1. The summed E-state index contributed by atoms with van der Waals surface area (Å²) in [5.41, 5.74) is 2.26. The van der Waals surface area contributed by atoms with Gasteiger partial charge in [-0.3, -0.25) is 4.57 Å². The predicted molar refractivity (Wildman–Crippen MR) is 139 cm³/mol. The number of ether oxygens (including phenoxy) is 1. The van der Waals surface area contributed by atoms with Gasteiger partial charge in [-0.2, -0.15) is 17.0 Å². The van der Waals surface area contributed by atoms with E-state index in [2.05, 4.69) is 35.6 Å². The van der Waals surface area contributed by atoms with Crippen LogP contribution < -0.4 is 5.32 Å². The molecule has 0 bridgehead atoms. The van der Waals surface area contributed by atoms with E-state index in [-0.39, 0.29) is 5.92 Å². The molecule has 0 radical (unpaired) electrons. The summed E-state index contributed by atoms with van der Waals surface area (Å²) in [4.78, 5) is 13.7. The molecule has 4 rings (SSSR count). The Morgan fingerprint density at radius 1 is 1.31 bits per heavy atom. The Labute approximate surface area is 212 Å². The van der Waals surface area contributed by atoms with Gasteiger partial charge in [-0.05, 0) is 31.1 Å². The Balaban J connectivity index is 1.55. The van der Waals surface area contributed by atoms with Crippen molar-refractivity contribution in [3.05, 3.63) is 48.5 Å². The highest BCUT2D eigenvalue weighted by Crippen LogP contribution is 2.35. The third-order valence-corrected chi connectivity index (χ3v) is 8.52. The number of hydrogen-bond acceptors (Lipinski definition) is 8. The summed E-state index contributed by atoms with van der Waals surface area (Å²) in [7, 11) is -1.78. The van der Waals surface area contributed by atoms with Crippen LogP contribution in [-0.2, 0) is 14.9 Å². The van der Waals surface area contributed by atoms with Gasteiger partial charge in [-0.25, -0.2) is 15.0 Å². The molecular formula is C23H31N7O3S2. The first kappa shape index (κ1) is 25.4. The predicted octanol–water partition coefficient (Wildman–Crippen LogP) is 2.99. The van der Waals surface area contributed by atoms with Gasteiger partial charge >= 0.3 is 0 Å². The minimum atomic E-state index is -3.42. The molecular weight excluding hydrogens is 486 g/mol. The molecule has 1 fully saturated rings. The number of hydrogen-bond donors (Lipinski definition) is 2. The van der Waals surface area contributed by atoms with Crippen molar-refractivity contribution in [2.24, 2.45) is 0 Å². The summed E-state index contributed by atoms with van der Waals surface area (Å²) in [6.07, 6.45) is 10.9. The summed E-state index contributed by atoms with van der Waals surface area (Å²) < 4.78 is 35.6. The molecule has 1 saturated heterocycles. The molecule has 10 nitrogen and oxygen atoms in total. The number of aromatic nitrogens is 4. The quantitative estimate of drug-likeness (QED) is 0.493. The first-order chi connectivity index (χ1) is 16.9. The summed E-state index contributed by atoms with van der Waals surface area (Å²) in [5, 5.41) is 3.68. The first-order valence-electron chi connectivity index (χ1n) is 11.6. The van der Waals surface area contributed by atoms with Crippen LogP contribution in [0, 0.1) is 0 Å². The lowest BCUT2D eigenvalue weighted by Gasteiger charge is -2.33. The van der Waals surface area contributed by atoms with E-state index in [0.29, 0.717) is 49.5 Å². The van der Waals surface area contributed by atoms with Gasteiger partial charge in [-0.15, -0.1) is 12.6 Å². The maximum absolute atomic E-state index is 12.7. The number of nitrogens with zero attached hydrogens (tertiary/aromatic N) is 6. The minimum absolute atomic E-state index is 0.00533. The molecule has 2 aromatic heterocycles. The number of anilines is 1. The van der Waals surface area contributed by atoms with Gasteiger partial charge in [-0.1, -0.05) is 19.6 Å². The van der Waals surface area contributed by atoms with E-state index in [1.807, 2.05) is 25.1 Å². The van der Waals surface area contributed by atoms with Gasteiger partial charge in [0.2, 0.25) is 5.95 Å². The van der Waals surface area contributed by atoms with E-state index in [1.54, 1.807) is 24.1 Å². The average Bonchev–Trinajstić information content (AvgIpc) is 3.21.